The quantitative estimate of drug-likeness (QED) is 0.429. The van der Waals surface area contributed by atoms with Crippen LogP contribution in [0.2, 0.25) is 0 Å². The first-order valence-electron chi connectivity index (χ1n) is 6.48. The van der Waals surface area contributed by atoms with Crippen molar-refractivity contribution in [3.63, 3.8) is 0 Å². The van der Waals surface area contributed by atoms with Crippen molar-refractivity contribution in [2.75, 3.05) is 0 Å². The first-order valence-corrected chi connectivity index (χ1v) is 6.48. The molecule has 8 heteroatoms. The summed E-state index contributed by atoms with van der Waals surface area (Å²) in [6.45, 7) is 1.88. The predicted molar refractivity (Wildman–Crippen MR) is 99.4 cm³/mol. The lowest BCUT2D eigenvalue weighted by molar-refractivity contribution is 0.456. The van der Waals surface area contributed by atoms with Crippen LogP contribution in [0.3, 0.4) is 0 Å². The Balaban J connectivity index is -0.000000500. The Hall–Kier alpha value is -2.21. The van der Waals surface area contributed by atoms with Crippen molar-refractivity contribution in [3.8, 4) is 0 Å². The second kappa shape index (κ2) is 14.4. The summed E-state index contributed by atoms with van der Waals surface area (Å²) in [5.41, 5.74) is -2.18. The van der Waals surface area contributed by atoms with Gasteiger partial charge in [-0.05, 0) is 6.42 Å². The van der Waals surface area contributed by atoms with Crippen LogP contribution < -0.4 is 17.1 Å². The molecule has 24 heavy (non-hydrogen) atoms. The van der Waals surface area contributed by atoms with Gasteiger partial charge in [0.25, 0.3) is 0 Å². The monoisotopic (exact) mass is 346 g/mol. The van der Waals surface area contributed by atoms with Crippen LogP contribution in [0.1, 0.15) is 62.3 Å². The number of isocyanates is 1. The molecule has 1 aromatic rings. The van der Waals surface area contributed by atoms with Crippen LogP contribution >= 0.6 is 0 Å². The zero-order valence-corrected chi connectivity index (χ0v) is 11.7. The minimum Gasteiger partial charge on any atom is -0.248 e. The fraction of sp³-hybridized carbons (Fsp3) is 0.750. The molecule has 8 nitrogen and oxygen atoms in total. The lowest BCUT2D eigenvalue weighted by atomic mass is 10.2. The van der Waals surface area contributed by atoms with Crippen LogP contribution in [0.15, 0.2) is 19.4 Å². The molecular formula is C16H34N4O4. The lowest BCUT2D eigenvalue weighted by Gasteiger charge is -2.09. The van der Waals surface area contributed by atoms with E-state index in [1.54, 1.807) is 0 Å². The summed E-state index contributed by atoms with van der Waals surface area (Å²) in [4.78, 5) is 49.0. The Morgan fingerprint density at radius 1 is 0.875 bits per heavy atom. The van der Waals surface area contributed by atoms with E-state index in [4.69, 9.17) is 0 Å². The van der Waals surface area contributed by atoms with Crippen molar-refractivity contribution in [2.24, 2.45) is 12.0 Å². The molecule has 0 aliphatic rings. The van der Waals surface area contributed by atoms with Crippen molar-refractivity contribution < 1.29 is 4.79 Å². The highest BCUT2D eigenvalue weighted by atomic mass is 16.2. The Kier molecular flexibility index (Phi) is 17.8. The average molecular weight is 346 g/mol. The third-order valence-electron chi connectivity index (χ3n) is 3.01. The number of rotatable bonds is 7. The summed E-state index contributed by atoms with van der Waals surface area (Å²) in [5, 5.41) is 0. The SMILES string of the molecule is C.C.C.C.CCCCCCn1c(=O)n(C)c(=O)n(CN=C=O)c1=O. The maximum atomic E-state index is 12.1. The van der Waals surface area contributed by atoms with Gasteiger partial charge < -0.3 is 0 Å². The van der Waals surface area contributed by atoms with Crippen LogP contribution in [0.4, 0.5) is 0 Å². The summed E-state index contributed by atoms with van der Waals surface area (Å²) in [5.74, 6) is 0. The predicted octanol–water partition coefficient (Wildman–Crippen LogP) is 2.13. The Bertz CT molecular complexity index is 679. The molecule has 142 valence electrons. The van der Waals surface area contributed by atoms with Gasteiger partial charge in [-0.25, -0.2) is 32.9 Å². The van der Waals surface area contributed by atoms with Crippen LogP contribution in [0, 0.1) is 0 Å². The normalized spacial score (nSPS) is 8.58. The molecule has 0 unspecified atom stereocenters. The van der Waals surface area contributed by atoms with Crippen LogP contribution in [0.25, 0.3) is 0 Å². The molecule has 0 spiro atoms. The van der Waals surface area contributed by atoms with Gasteiger partial charge in [0, 0.05) is 13.6 Å². The lowest BCUT2D eigenvalue weighted by Crippen LogP contribution is -2.53. The smallest absolute Gasteiger partial charge is 0.248 e. The largest absolute Gasteiger partial charge is 0.337 e. The van der Waals surface area contributed by atoms with Gasteiger partial charge in [-0.15, -0.1) is 0 Å². The molecule has 0 aromatic carbocycles. The highest BCUT2D eigenvalue weighted by molar-refractivity contribution is 5.32. The van der Waals surface area contributed by atoms with E-state index in [1.807, 2.05) is 0 Å². The molecule has 0 N–H and O–H groups in total. The van der Waals surface area contributed by atoms with Crippen LogP contribution in [-0.4, -0.2) is 19.8 Å². The van der Waals surface area contributed by atoms with E-state index in [9.17, 15) is 19.2 Å². The fourth-order valence-corrected chi connectivity index (χ4v) is 1.86. The second-order valence-corrected chi connectivity index (χ2v) is 4.44. The van der Waals surface area contributed by atoms with Crippen molar-refractivity contribution in [3.05, 3.63) is 31.5 Å². The Morgan fingerprint density at radius 2 is 1.42 bits per heavy atom. The van der Waals surface area contributed by atoms with Crippen molar-refractivity contribution in [2.45, 2.75) is 75.5 Å². The molecule has 0 bridgehead atoms. The summed E-state index contributed by atoms with van der Waals surface area (Å²) in [6.07, 6.45) is 4.90. The van der Waals surface area contributed by atoms with Crippen molar-refractivity contribution in [1.82, 2.24) is 13.7 Å². The summed E-state index contributed by atoms with van der Waals surface area (Å²) in [6, 6.07) is 0. The minimum absolute atomic E-state index is 0. The zero-order chi connectivity index (χ0) is 15.1. The van der Waals surface area contributed by atoms with E-state index >= 15 is 0 Å². The minimum atomic E-state index is -0.788. The van der Waals surface area contributed by atoms with E-state index in [1.165, 1.54) is 13.1 Å². The first-order chi connectivity index (χ1) is 9.54. The topological polar surface area (TPSA) is 95.4 Å². The number of unbranched alkanes of at least 4 members (excludes halogenated alkanes) is 3. The van der Waals surface area contributed by atoms with Gasteiger partial charge in [0.15, 0.2) is 0 Å². The number of hydrogen-bond acceptors (Lipinski definition) is 5. The molecule has 1 rings (SSSR count). The molecule has 0 saturated heterocycles. The van der Waals surface area contributed by atoms with Crippen LogP contribution in [-0.2, 0) is 25.1 Å². The van der Waals surface area contributed by atoms with Gasteiger partial charge in [-0.3, -0.25) is 0 Å². The summed E-state index contributed by atoms with van der Waals surface area (Å²) in [7, 11) is 1.29. The summed E-state index contributed by atoms with van der Waals surface area (Å²) < 4.78 is 2.57. The van der Waals surface area contributed by atoms with E-state index < -0.39 is 23.7 Å². The summed E-state index contributed by atoms with van der Waals surface area (Å²) >= 11 is 0. The molecule has 0 aliphatic carbocycles. The van der Waals surface area contributed by atoms with Gasteiger partial charge in [-0.1, -0.05) is 55.9 Å². The van der Waals surface area contributed by atoms with Crippen molar-refractivity contribution >= 4 is 6.08 Å². The molecular weight excluding hydrogens is 312 g/mol. The number of carbonyl (C=O) groups excluding carboxylic acids is 1. The van der Waals surface area contributed by atoms with Gasteiger partial charge in [-0.2, -0.15) is 4.99 Å². The number of aromatic nitrogens is 3. The maximum Gasteiger partial charge on any atom is 0.337 e. The first kappa shape index (κ1) is 29.8. The Labute approximate surface area is 144 Å². The van der Waals surface area contributed by atoms with Crippen LogP contribution in [0.5, 0.6) is 0 Å². The van der Waals surface area contributed by atoms with E-state index in [0.717, 1.165) is 33.0 Å². The average Bonchev–Trinajstić information content (AvgIpc) is 2.44. The number of nitrogens with zero attached hydrogens (tertiary/aromatic N) is 4. The van der Waals surface area contributed by atoms with Crippen molar-refractivity contribution in [1.29, 1.82) is 0 Å². The molecule has 1 heterocycles. The molecule has 1 aromatic heterocycles. The standard InChI is InChI=1S/C12H18N4O4.4CH4/c1-3-4-5-6-7-15-10(18)14(2)11(19)16(12(15)20)8-13-9-17;;;;/h3-8H2,1-2H3;4*1H4. The van der Waals surface area contributed by atoms with Gasteiger partial charge in [0.1, 0.15) is 6.67 Å². The third kappa shape index (κ3) is 6.91. The molecule has 0 amide bonds. The zero-order valence-electron chi connectivity index (χ0n) is 11.7. The fourth-order valence-electron chi connectivity index (χ4n) is 1.86. The highest BCUT2D eigenvalue weighted by Crippen LogP contribution is 1.98. The second-order valence-electron chi connectivity index (χ2n) is 4.44. The molecule has 0 radical (unpaired) electrons. The number of hydrogen-bond donors (Lipinski definition) is 0. The molecule has 0 aliphatic heterocycles. The molecule has 0 atom stereocenters. The van der Waals surface area contributed by atoms with E-state index in [2.05, 4.69) is 11.9 Å². The molecule has 0 fully saturated rings. The van der Waals surface area contributed by atoms with Gasteiger partial charge in [0.05, 0.1) is 0 Å². The number of aliphatic imine (C=N–C) groups is 1. The van der Waals surface area contributed by atoms with Gasteiger partial charge in [0.2, 0.25) is 6.08 Å². The van der Waals surface area contributed by atoms with E-state index in [0.29, 0.717) is 6.42 Å². The highest BCUT2D eigenvalue weighted by Gasteiger charge is 2.12. The Morgan fingerprint density at radius 3 is 1.92 bits per heavy atom. The molecule has 0 saturated carbocycles. The maximum absolute atomic E-state index is 12.1. The van der Waals surface area contributed by atoms with Gasteiger partial charge >= 0.3 is 17.1 Å². The van der Waals surface area contributed by atoms with E-state index in [-0.39, 0.29) is 36.3 Å². The third-order valence-corrected chi connectivity index (χ3v) is 3.01.